The van der Waals surface area contributed by atoms with Crippen LogP contribution in [0.4, 0.5) is 10.1 Å². The minimum absolute atomic E-state index is 0.0855. The van der Waals surface area contributed by atoms with E-state index in [1.807, 2.05) is 6.92 Å². The second-order valence-corrected chi connectivity index (χ2v) is 4.91. The van der Waals surface area contributed by atoms with Crippen molar-refractivity contribution in [3.05, 3.63) is 28.5 Å². The van der Waals surface area contributed by atoms with Gasteiger partial charge in [-0.15, -0.1) is 0 Å². The fourth-order valence-electron chi connectivity index (χ4n) is 1.30. The van der Waals surface area contributed by atoms with Crippen LogP contribution in [0.1, 0.15) is 19.8 Å². The van der Waals surface area contributed by atoms with Gasteiger partial charge in [0.05, 0.1) is 5.69 Å². The van der Waals surface area contributed by atoms with Crippen molar-refractivity contribution in [3.8, 4) is 0 Å². The minimum Gasteiger partial charge on any atom is -0.330 e. The van der Waals surface area contributed by atoms with Crippen LogP contribution in [0, 0.1) is 11.7 Å². The van der Waals surface area contributed by atoms with E-state index in [2.05, 4.69) is 21.2 Å². The molecule has 0 fully saturated rings. The van der Waals surface area contributed by atoms with E-state index in [1.165, 1.54) is 18.2 Å². The summed E-state index contributed by atoms with van der Waals surface area (Å²) >= 11 is 3.19. The van der Waals surface area contributed by atoms with Crippen molar-refractivity contribution in [2.45, 2.75) is 19.8 Å². The number of carbonyl (C=O) groups is 1. The van der Waals surface area contributed by atoms with E-state index in [-0.39, 0.29) is 11.7 Å². The zero-order chi connectivity index (χ0) is 12.8. The molecule has 1 atom stereocenters. The Kier molecular flexibility index (Phi) is 5.58. The molecule has 1 aromatic rings. The third kappa shape index (κ3) is 4.83. The number of carbonyl (C=O) groups excluding carboxylic acids is 1. The van der Waals surface area contributed by atoms with Crippen molar-refractivity contribution in [1.29, 1.82) is 0 Å². The van der Waals surface area contributed by atoms with E-state index < -0.39 is 0 Å². The Morgan fingerprint density at radius 2 is 2.29 bits per heavy atom. The summed E-state index contributed by atoms with van der Waals surface area (Å²) in [5.74, 6) is -0.0957. The van der Waals surface area contributed by atoms with Crippen molar-refractivity contribution in [3.63, 3.8) is 0 Å². The van der Waals surface area contributed by atoms with Gasteiger partial charge in [0, 0.05) is 10.9 Å². The van der Waals surface area contributed by atoms with Gasteiger partial charge in [-0.3, -0.25) is 4.79 Å². The maximum Gasteiger partial charge on any atom is 0.224 e. The molecule has 17 heavy (non-hydrogen) atoms. The van der Waals surface area contributed by atoms with Crippen molar-refractivity contribution in [2.75, 3.05) is 11.9 Å². The number of anilines is 1. The summed E-state index contributed by atoms with van der Waals surface area (Å²) in [5, 5.41) is 2.72. The molecule has 0 radical (unpaired) electrons. The van der Waals surface area contributed by atoms with Crippen LogP contribution >= 0.6 is 15.9 Å². The lowest BCUT2D eigenvalue weighted by atomic mass is 10.1. The SMILES string of the molecule is CC(CN)CCC(=O)Nc1ccc(F)cc1Br. The Morgan fingerprint density at radius 3 is 2.88 bits per heavy atom. The van der Waals surface area contributed by atoms with Crippen LogP contribution in [0.5, 0.6) is 0 Å². The highest BCUT2D eigenvalue weighted by molar-refractivity contribution is 9.10. The number of amides is 1. The fourth-order valence-corrected chi connectivity index (χ4v) is 1.75. The number of benzene rings is 1. The highest BCUT2D eigenvalue weighted by Gasteiger charge is 2.08. The molecular formula is C12H16BrFN2O. The van der Waals surface area contributed by atoms with Gasteiger partial charge in [-0.1, -0.05) is 6.92 Å². The van der Waals surface area contributed by atoms with Crippen LogP contribution in [0.3, 0.4) is 0 Å². The van der Waals surface area contributed by atoms with E-state index in [0.29, 0.717) is 29.0 Å². The summed E-state index contributed by atoms with van der Waals surface area (Å²) in [7, 11) is 0. The zero-order valence-corrected chi connectivity index (χ0v) is 11.3. The molecule has 3 nitrogen and oxygen atoms in total. The lowest BCUT2D eigenvalue weighted by Crippen LogP contribution is -2.16. The molecule has 0 saturated carbocycles. The number of hydrogen-bond donors (Lipinski definition) is 2. The second-order valence-electron chi connectivity index (χ2n) is 4.05. The van der Waals surface area contributed by atoms with E-state index in [1.54, 1.807) is 0 Å². The van der Waals surface area contributed by atoms with Crippen molar-refractivity contribution in [1.82, 2.24) is 0 Å². The minimum atomic E-state index is -0.341. The number of halogens is 2. The summed E-state index contributed by atoms with van der Waals surface area (Å²) in [6.07, 6.45) is 1.17. The first-order chi connectivity index (χ1) is 8.02. The third-order valence-electron chi connectivity index (χ3n) is 2.47. The van der Waals surface area contributed by atoms with Crippen LogP contribution < -0.4 is 11.1 Å². The normalized spacial score (nSPS) is 12.2. The van der Waals surface area contributed by atoms with E-state index in [9.17, 15) is 9.18 Å². The average molecular weight is 303 g/mol. The molecule has 0 aliphatic carbocycles. The van der Waals surface area contributed by atoms with Gasteiger partial charge >= 0.3 is 0 Å². The van der Waals surface area contributed by atoms with Gasteiger partial charge in [0.2, 0.25) is 5.91 Å². The molecule has 94 valence electrons. The van der Waals surface area contributed by atoms with Crippen LogP contribution in [0.25, 0.3) is 0 Å². The largest absolute Gasteiger partial charge is 0.330 e. The summed E-state index contributed by atoms with van der Waals surface area (Å²) in [5.41, 5.74) is 6.05. The van der Waals surface area contributed by atoms with E-state index >= 15 is 0 Å². The molecule has 0 spiro atoms. The third-order valence-corrected chi connectivity index (χ3v) is 3.13. The fraction of sp³-hybridized carbons (Fsp3) is 0.417. The molecule has 1 rings (SSSR count). The van der Waals surface area contributed by atoms with Crippen LogP contribution in [-0.2, 0) is 4.79 Å². The summed E-state index contributed by atoms with van der Waals surface area (Å²) in [4.78, 5) is 11.6. The molecule has 0 heterocycles. The first-order valence-corrected chi connectivity index (χ1v) is 6.27. The molecule has 0 bridgehead atoms. The molecule has 1 aromatic carbocycles. The topological polar surface area (TPSA) is 55.1 Å². The highest BCUT2D eigenvalue weighted by atomic mass is 79.9. The lowest BCUT2D eigenvalue weighted by molar-refractivity contribution is -0.116. The van der Waals surface area contributed by atoms with E-state index in [4.69, 9.17) is 5.73 Å². The van der Waals surface area contributed by atoms with Crippen LogP contribution in [0.2, 0.25) is 0 Å². The molecule has 0 saturated heterocycles. The van der Waals surface area contributed by atoms with Gasteiger partial charge < -0.3 is 11.1 Å². The smallest absolute Gasteiger partial charge is 0.224 e. The molecule has 1 amide bonds. The van der Waals surface area contributed by atoms with Crippen molar-refractivity contribution < 1.29 is 9.18 Å². The predicted molar refractivity (Wildman–Crippen MR) is 70.2 cm³/mol. The van der Waals surface area contributed by atoms with Gasteiger partial charge in [-0.05, 0) is 53.0 Å². The maximum atomic E-state index is 12.8. The van der Waals surface area contributed by atoms with Crippen molar-refractivity contribution >= 4 is 27.5 Å². The molecule has 0 aliphatic rings. The standard InChI is InChI=1S/C12H16BrFN2O/c1-8(7-15)2-5-12(17)16-11-4-3-9(14)6-10(11)13/h3-4,6,8H,2,5,7,15H2,1H3,(H,16,17). The van der Waals surface area contributed by atoms with Crippen LogP contribution in [0.15, 0.2) is 22.7 Å². The number of nitrogens with two attached hydrogens (primary N) is 1. The Balaban J connectivity index is 2.50. The van der Waals surface area contributed by atoms with Gasteiger partial charge in [0.15, 0.2) is 0 Å². The summed E-state index contributed by atoms with van der Waals surface area (Å²) in [6.45, 7) is 2.58. The van der Waals surface area contributed by atoms with Gasteiger partial charge in [0.1, 0.15) is 5.82 Å². The Hall–Kier alpha value is -0.940. The van der Waals surface area contributed by atoms with Crippen LogP contribution in [-0.4, -0.2) is 12.5 Å². The van der Waals surface area contributed by atoms with E-state index in [0.717, 1.165) is 6.42 Å². The number of hydrogen-bond acceptors (Lipinski definition) is 2. The number of rotatable bonds is 5. The first-order valence-electron chi connectivity index (χ1n) is 5.48. The quantitative estimate of drug-likeness (QED) is 0.879. The van der Waals surface area contributed by atoms with Gasteiger partial charge in [-0.2, -0.15) is 0 Å². The predicted octanol–water partition coefficient (Wildman–Crippen LogP) is 2.90. The number of nitrogens with one attached hydrogen (secondary N) is 1. The summed E-state index contributed by atoms with van der Waals surface area (Å²) in [6, 6.07) is 4.16. The Bertz CT molecular complexity index is 398. The molecular weight excluding hydrogens is 287 g/mol. The Morgan fingerprint density at radius 1 is 1.59 bits per heavy atom. The molecule has 1 unspecified atom stereocenters. The van der Waals surface area contributed by atoms with Gasteiger partial charge in [-0.25, -0.2) is 4.39 Å². The lowest BCUT2D eigenvalue weighted by Gasteiger charge is -2.09. The highest BCUT2D eigenvalue weighted by Crippen LogP contribution is 2.23. The van der Waals surface area contributed by atoms with Gasteiger partial charge in [0.25, 0.3) is 0 Å². The molecule has 0 aliphatic heterocycles. The maximum absolute atomic E-state index is 12.8. The zero-order valence-electron chi connectivity index (χ0n) is 9.67. The molecule has 5 heteroatoms. The average Bonchev–Trinajstić information content (AvgIpc) is 2.29. The second kappa shape index (κ2) is 6.71. The molecule has 0 aromatic heterocycles. The summed E-state index contributed by atoms with van der Waals surface area (Å²) < 4.78 is 13.4. The Labute approximate surface area is 109 Å². The monoisotopic (exact) mass is 302 g/mol. The van der Waals surface area contributed by atoms with Crippen molar-refractivity contribution in [2.24, 2.45) is 11.7 Å². The molecule has 3 N–H and O–H groups in total. The first kappa shape index (κ1) is 14.1.